The van der Waals surface area contributed by atoms with E-state index in [9.17, 15) is 4.79 Å². The molecule has 15 heavy (non-hydrogen) atoms. The van der Waals surface area contributed by atoms with Crippen molar-refractivity contribution >= 4 is 11.9 Å². The van der Waals surface area contributed by atoms with Gasteiger partial charge in [-0.1, -0.05) is 56.3 Å². The van der Waals surface area contributed by atoms with Crippen molar-refractivity contribution in [1.29, 1.82) is 0 Å². The van der Waals surface area contributed by atoms with E-state index in [0.717, 1.165) is 6.42 Å². The van der Waals surface area contributed by atoms with Crippen LogP contribution in [0.2, 0.25) is 0 Å². The minimum absolute atomic E-state index is 0.148. The molecule has 1 aromatic rings. The average Bonchev–Trinajstić information content (AvgIpc) is 2.29. The van der Waals surface area contributed by atoms with Gasteiger partial charge in [-0.15, -0.1) is 0 Å². The molecule has 0 radical (unpaired) electrons. The molecule has 0 amide bonds. The third-order valence-corrected chi connectivity index (χ3v) is 2.50. The largest absolute Gasteiger partial charge is 0.299 e. The van der Waals surface area contributed by atoms with E-state index in [1.807, 2.05) is 32.0 Å². The van der Waals surface area contributed by atoms with Gasteiger partial charge in [0.05, 0.1) is 0 Å². The van der Waals surface area contributed by atoms with E-state index in [1.54, 1.807) is 0 Å². The van der Waals surface area contributed by atoms with E-state index in [4.69, 9.17) is 0 Å². The number of carbonyl (C=O) groups is 1. The zero-order valence-electron chi connectivity index (χ0n) is 9.44. The topological polar surface area (TPSA) is 17.1 Å². The molecule has 1 unspecified atom stereocenters. The van der Waals surface area contributed by atoms with E-state index in [0.29, 0.717) is 12.2 Å². The summed E-state index contributed by atoms with van der Waals surface area (Å²) in [5.74, 6) is 0.489. The minimum atomic E-state index is 0.148. The summed E-state index contributed by atoms with van der Waals surface area (Å²) < 4.78 is 0. The average molecular weight is 202 g/mol. The molecule has 1 heteroatoms. The lowest BCUT2D eigenvalue weighted by Crippen LogP contribution is -2.07. The van der Waals surface area contributed by atoms with Crippen molar-refractivity contribution in [2.24, 2.45) is 5.92 Å². The van der Waals surface area contributed by atoms with Crippen molar-refractivity contribution in [2.45, 2.75) is 26.7 Å². The second-order valence-corrected chi connectivity index (χ2v) is 3.77. The Morgan fingerprint density at radius 2 is 2.00 bits per heavy atom. The highest BCUT2D eigenvalue weighted by atomic mass is 16.1. The Bertz CT molecular complexity index is 324. The SMILES string of the molecule is CCC(=O)C(C)C/C=C/c1ccccc1. The smallest absolute Gasteiger partial charge is 0.135 e. The van der Waals surface area contributed by atoms with Crippen LogP contribution in [0.5, 0.6) is 0 Å². The fourth-order valence-corrected chi connectivity index (χ4v) is 1.45. The predicted octanol–water partition coefficient (Wildman–Crippen LogP) is 3.71. The summed E-state index contributed by atoms with van der Waals surface area (Å²) in [6.45, 7) is 3.90. The maximum absolute atomic E-state index is 11.3. The van der Waals surface area contributed by atoms with Crippen LogP contribution in [0.3, 0.4) is 0 Å². The van der Waals surface area contributed by atoms with Crippen LogP contribution in [0.15, 0.2) is 36.4 Å². The molecule has 1 atom stereocenters. The summed E-state index contributed by atoms with van der Waals surface area (Å²) >= 11 is 0. The number of ketones is 1. The molecular weight excluding hydrogens is 184 g/mol. The number of benzene rings is 1. The van der Waals surface area contributed by atoms with Crippen LogP contribution in [-0.4, -0.2) is 5.78 Å². The van der Waals surface area contributed by atoms with Crippen molar-refractivity contribution in [2.75, 3.05) is 0 Å². The Labute approximate surface area is 91.8 Å². The highest BCUT2D eigenvalue weighted by molar-refractivity contribution is 5.80. The van der Waals surface area contributed by atoms with E-state index in [2.05, 4.69) is 24.3 Å². The second kappa shape index (κ2) is 6.18. The number of Topliss-reactive ketones (excluding diaryl/α,β-unsaturated/α-hetero) is 1. The normalized spacial score (nSPS) is 12.9. The summed E-state index contributed by atoms with van der Waals surface area (Å²) in [6.07, 6.45) is 5.62. The molecule has 0 fully saturated rings. The Balaban J connectivity index is 2.43. The molecule has 0 aliphatic carbocycles. The van der Waals surface area contributed by atoms with Crippen molar-refractivity contribution in [3.63, 3.8) is 0 Å². The standard InChI is InChI=1S/C14H18O/c1-3-14(15)12(2)8-7-11-13-9-5-4-6-10-13/h4-7,9-12H,3,8H2,1-2H3/b11-7+. The molecule has 0 spiro atoms. The summed E-state index contributed by atoms with van der Waals surface area (Å²) in [7, 11) is 0. The summed E-state index contributed by atoms with van der Waals surface area (Å²) in [5.41, 5.74) is 1.19. The molecule has 1 aromatic carbocycles. The van der Waals surface area contributed by atoms with Crippen molar-refractivity contribution in [3.8, 4) is 0 Å². The van der Waals surface area contributed by atoms with Gasteiger partial charge in [-0.3, -0.25) is 4.79 Å². The Kier molecular flexibility index (Phi) is 4.82. The fraction of sp³-hybridized carbons (Fsp3) is 0.357. The molecule has 0 heterocycles. The van der Waals surface area contributed by atoms with Crippen LogP contribution in [0, 0.1) is 5.92 Å². The first-order valence-electron chi connectivity index (χ1n) is 5.48. The van der Waals surface area contributed by atoms with Gasteiger partial charge in [-0.05, 0) is 12.0 Å². The molecule has 0 N–H and O–H groups in total. The number of rotatable bonds is 5. The molecule has 0 bridgehead atoms. The summed E-state index contributed by atoms with van der Waals surface area (Å²) in [6, 6.07) is 10.1. The molecular formula is C14H18O. The molecule has 1 nitrogen and oxygen atoms in total. The lowest BCUT2D eigenvalue weighted by atomic mass is 10.00. The summed E-state index contributed by atoms with van der Waals surface area (Å²) in [4.78, 5) is 11.3. The molecule has 0 saturated heterocycles. The van der Waals surface area contributed by atoms with Gasteiger partial charge in [-0.2, -0.15) is 0 Å². The van der Waals surface area contributed by atoms with Crippen LogP contribution in [0.25, 0.3) is 6.08 Å². The first-order valence-corrected chi connectivity index (χ1v) is 5.48. The van der Waals surface area contributed by atoms with Gasteiger partial charge >= 0.3 is 0 Å². The quantitative estimate of drug-likeness (QED) is 0.711. The zero-order chi connectivity index (χ0) is 11.1. The van der Waals surface area contributed by atoms with Crippen LogP contribution in [0.4, 0.5) is 0 Å². The number of allylic oxidation sites excluding steroid dienone is 1. The van der Waals surface area contributed by atoms with Gasteiger partial charge in [0.25, 0.3) is 0 Å². The Hall–Kier alpha value is -1.37. The van der Waals surface area contributed by atoms with E-state index in [-0.39, 0.29) is 5.92 Å². The molecule has 0 saturated carbocycles. The van der Waals surface area contributed by atoms with Crippen molar-refractivity contribution < 1.29 is 4.79 Å². The second-order valence-electron chi connectivity index (χ2n) is 3.77. The number of hydrogen-bond donors (Lipinski definition) is 0. The third kappa shape index (κ3) is 4.11. The minimum Gasteiger partial charge on any atom is -0.299 e. The van der Waals surface area contributed by atoms with E-state index >= 15 is 0 Å². The van der Waals surface area contributed by atoms with Gasteiger partial charge in [0.15, 0.2) is 0 Å². The van der Waals surface area contributed by atoms with Gasteiger partial charge in [0.2, 0.25) is 0 Å². The highest BCUT2D eigenvalue weighted by Gasteiger charge is 2.07. The van der Waals surface area contributed by atoms with Gasteiger partial charge in [-0.25, -0.2) is 0 Å². The van der Waals surface area contributed by atoms with Gasteiger partial charge in [0.1, 0.15) is 5.78 Å². The maximum atomic E-state index is 11.3. The van der Waals surface area contributed by atoms with Crippen molar-refractivity contribution in [1.82, 2.24) is 0 Å². The Morgan fingerprint density at radius 3 is 2.60 bits per heavy atom. The zero-order valence-corrected chi connectivity index (χ0v) is 9.44. The first-order chi connectivity index (χ1) is 7.24. The monoisotopic (exact) mass is 202 g/mol. The molecule has 0 aliphatic heterocycles. The lowest BCUT2D eigenvalue weighted by molar-refractivity contribution is -0.121. The lowest BCUT2D eigenvalue weighted by Gasteiger charge is -2.04. The fourth-order valence-electron chi connectivity index (χ4n) is 1.45. The van der Waals surface area contributed by atoms with Crippen LogP contribution in [-0.2, 0) is 4.79 Å². The molecule has 0 aromatic heterocycles. The molecule has 1 rings (SSSR count). The summed E-state index contributed by atoms with van der Waals surface area (Å²) in [5, 5.41) is 0. The first kappa shape index (κ1) is 11.7. The Morgan fingerprint density at radius 1 is 1.33 bits per heavy atom. The van der Waals surface area contributed by atoms with Crippen LogP contribution < -0.4 is 0 Å². The van der Waals surface area contributed by atoms with Crippen molar-refractivity contribution in [3.05, 3.63) is 42.0 Å². The van der Waals surface area contributed by atoms with Crippen LogP contribution >= 0.6 is 0 Å². The number of carbonyl (C=O) groups excluding carboxylic acids is 1. The van der Waals surface area contributed by atoms with Gasteiger partial charge in [0, 0.05) is 12.3 Å². The van der Waals surface area contributed by atoms with E-state index in [1.165, 1.54) is 5.56 Å². The van der Waals surface area contributed by atoms with Crippen LogP contribution in [0.1, 0.15) is 32.3 Å². The third-order valence-electron chi connectivity index (χ3n) is 2.50. The highest BCUT2D eigenvalue weighted by Crippen LogP contribution is 2.09. The maximum Gasteiger partial charge on any atom is 0.135 e. The van der Waals surface area contributed by atoms with Gasteiger partial charge < -0.3 is 0 Å². The van der Waals surface area contributed by atoms with E-state index < -0.39 is 0 Å². The molecule has 0 aliphatic rings. The number of hydrogen-bond acceptors (Lipinski definition) is 1. The molecule has 80 valence electrons. The predicted molar refractivity (Wildman–Crippen MR) is 64.6 cm³/mol.